The first-order chi connectivity index (χ1) is 14.3. The van der Waals surface area contributed by atoms with Crippen LogP contribution in [0.5, 0.6) is 5.75 Å². The van der Waals surface area contributed by atoms with E-state index in [1.54, 1.807) is 13.4 Å². The van der Waals surface area contributed by atoms with Gasteiger partial charge in [0.1, 0.15) is 5.75 Å². The summed E-state index contributed by atoms with van der Waals surface area (Å²) < 4.78 is 12.5. The lowest BCUT2D eigenvalue weighted by molar-refractivity contribution is 0.196. The molecule has 1 saturated heterocycles. The number of nitrogens with zero attached hydrogens (tertiary/aromatic N) is 4. The lowest BCUT2D eigenvalue weighted by Crippen LogP contribution is -2.34. The van der Waals surface area contributed by atoms with E-state index in [2.05, 4.69) is 17.0 Å². The molecule has 148 valence electrons. The third-order valence-electron chi connectivity index (χ3n) is 5.61. The highest BCUT2D eigenvalue weighted by Crippen LogP contribution is 2.28. The van der Waals surface area contributed by atoms with Crippen molar-refractivity contribution in [2.75, 3.05) is 20.2 Å². The molecule has 0 spiro atoms. The first kappa shape index (κ1) is 17.9. The first-order valence-electron chi connectivity index (χ1n) is 10.0. The highest BCUT2D eigenvalue weighted by Gasteiger charge is 2.25. The average Bonchev–Trinajstić information content (AvgIpc) is 3.43. The quantitative estimate of drug-likeness (QED) is 0.508. The number of hydrogen-bond donors (Lipinski definition) is 0. The Morgan fingerprint density at radius 1 is 1.17 bits per heavy atom. The maximum atomic E-state index is 5.35. The summed E-state index contributed by atoms with van der Waals surface area (Å²) in [6.45, 7) is 3.00. The number of benzene rings is 1. The van der Waals surface area contributed by atoms with Gasteiger partial charge in [-0.15, -0.1) is 0 Å². The Morgan fingerprint density at radius 2 is 2.14 bits per heavy atom. The van der Waals surface area contributed by atoms with Crippen LogP contribution in [-0.2, 0) is 6.54 Å². The van der Waals surface area contributed by atoms with E-state index >= 15 is 0 Å². The number of methoxy groups -OCH3 is 1. The van der Waals surface area contributed by atoms with Gasteiger partial charge in [0.25, 0.3) is 0 Å². The Labute approximate surface area is 169 Å². The smallest absolute Gasteiger partial charge is 0.156 e. The minimum atomic E-state index is 0.357. The van der Waals surface area contributed by atoms with Crippen LogP contribution in [0.2, 0.25) is 0 Å². The van der Waals surface area contributed by atoms with Crippen LogP contribution in [0.3, 0.4) is 0 Å². The Morgan fingerprint density at radius 3 is 3.00 bits per heavy atom. The molecule has 4 aromatic rings. The zero-order valence-electron chi connectivity index (χ0n) is 16.5. The lowest BCUT2D eigenvalue weighted by Gasteiger charge is -2.30. The Balaban J connectivity index is 1.38. The van der Waals surface area contributed by atoms with Crippen LogP contribution in [-0.4, -0.2) is 39.7 Å². The number of piperidine rings is 1. The maximum absolute atomic E-state index is 5.35. The molecule has 0 amide bonds. The molecule has 6 heteroatoms. The minimum Gasteiger partial charge on any atom is -0.497 e. The fourth-order valence-corrected chi connectivity index (χ4v) is 4.10. The molecule has 5 rings (SSSR count). The van der Waals surface area contributed by atoms with E-state index in [9.17, 15) is 0 Å². The Kier molecular flexibility index (Phi) is 4.77. The van der Waals surface area contributed by atoms with Gasteiger partial charge in [0.05, 0.1) is 19.6 Å². The number of hydrogen-bond acceptors (Lipinski definition) is 5. The highest BCUT2D eigenvalue weighted by atomic mass is 16.5. The molecule has 1 aliphatic heterocycles. The van der Waals surface area contributed by atoms with Crippen LogP contribution in [0.4, 0.5) is 0 Å². The molecule has 0 N–H and O–H groups in total. The van der Waals surface area contributed by atoms with Crippen molar-refractivity contribution in [1.29, 1.82) is 0 Å². The largest absolute Gasteiger partial charge is 0.497 e. The van der Waals surface area contributed by atoms with Crippen molar-refractivity contribution >= 4 is 5.65 Å². The summed E-state index contributed by atoms with van der Waals surface area (Å²) in [7, 11) is 1.69. The standard InChI is InChI=1S/C23H24N4O2/c1-28-21-6-2-4-18(12-21)19-7-8-22-24-23(25-27(22)15-19)20-5-3-10-26(14-20)13-17-9-11-29-16-17/h2,4,6-9,11-12,15-16,20H,3,5,10,13-14H2,1H3/t20-/m1/s1. The minimum absolute atomic E-state index is 0.357. The van der Waals surface area contributed by atoms with Gasteiger partial charge in [-0.05, 0) is 55.3 Å². The van der Waals surface area contributed by atoms with Gasteiger partial charge in [-0.25, -0.2) is 9.50 Å². The van der Waals surface area contributed by atoms with E-state index in [0.717, 1.165) is 60.8 Å². The number of pyridine rings is 1. The number of furan rings is 1. The van der Waals surface area contributed by atoms with Gasteiger partial charge in [-0.3, -0.25) is 4.90 Å². The van der Waals surface area contributed by atoms with Crippen LogP contribution in [0.15, 0.2) is 65.6 Å². The van der Waals surface area contributed by atoms with Crippen LogP contribution >= 0.6 is 0 Å². The summed E-state index contributed by atoms with van der Waals surface area (Å²) in [4.78, 5) is 7.28. The molecule has 0 radical (unpaired) electrons. The molecule has 29 heavy (non-hydrogen) atoms. The second-order valence-electron chi connectivity index (χ2n) is 7.63. The van der Waals surface area contributed by atoms with Crippen molar-refractivity contribution < 1.29 is 9.15 Å². The SMILES string of the molecule is COc1cccc(-c2ccc3nc([C@@H]4CCCN(Cc5ccoc5)C4)nn3c2)c1. The van der Waals surface area contributed by atoms with Gasteiger partial charge in [0, 0.05) is 36.3 Å². The number of fused-ring (bicyclic) bond motifs is 1. The number of rotatable bonds is 5. The number of aromatic nitrogens is 3. The molecule has 1 fully saturated rings. The van der Waals surface area contributed by atoms with Crippen LogP contribution in [0.1, 0.15) is 30.1 Å². The van der Waals surface area contributed by atoms with Crippen molar-refractivity contribution in [3.63, 3.8) is 0 Å². The second kappa shape index (κ2) is 7.72. The summed E-state index contributed by atoms with van der Waals surface area (Å²) in [6, 6.07) is 14.2. The van der Waals surface area contributed by atoms with Crippen molar-refractivity contribution in [3.8, 4) is 16.9 Å². The predicted molar refractivity (Wildman–Crippen MR) is 111 cm³/mol. The fourth-order valence-electron chi connectivity index (χ4n) is 4.10. The van der Waals surface area contributed by atoms with Crippen molar-refractivity contribution in [2.45, 2.75) is 25.3 Å². The first-order valence-corrected chi connectivity index (χ1v) is 10.0. The molecule has 3 aromatic heterocycles. The molecule has 0 unspecified atom stereocenters. The van der Waals surface area contributed by atoms with Crippen LogP contribution in [0.25, 0.3) is 16.8 Å². The molecule has 1 aliphatic rings. The van der Waals surface area contributed by atoms with Gasteiger partial charge >= 0.3 is 0 Å². The summed E-state index contributed by atoms with van der Waals surface area (Å²) in [5, 5.41) is 4.83. The molecule has 1 atom stereocenters. The summed E-state index contributed by atoms with van der Waals surface area (Å²) in [5.74, 6) is 2.14. The lowest BCUT2D eigenvalue weighted by atomic mass is 9.97. The Hall–Kier alpha value is -3.12. The zero-order chi connectivity index (χ0) is 19.6. The van der Waals surface area contributed by atoms with E-state index < -0.39 is 0 Å². The van der Waals surface area contributed by atoms with Gasteiger partial charge in [-0.1, -0.05) is 12.1 Å². The summed E-state index contributed by atoms with van der Waals surface area (Å²) >= 11 is 0. The molecular formula is C23H24N4O2. The topological polar surface area (TPSA) is 55.8 Å². The second-order valence-corrected chi connectivity index (χ2v) is 7.63. The van der Waals surface area contributed by atoms with Crippen LogP contribution in [0, 0.1) is 0 Å². The van der Waals surface area contributed by atoms with E-state index in [-0.39, 0.29) is 0 Å². The molecule has 1 aromatic carbocycles. The zero-order valence-corrected chi connectivity index (χ0v) is 16.5. The maximum Gasteiger partial charge on any atom is 0.156 e. The molecule has 6 nitrogen and oxygen atoms in total. The van der Waals surface area contributed by atoms with Crippen molar-refractivity contribution in [1.82, 2.24) is 19.5 Å². The predicted octanol–water partition coefficient (Wildman–Crippen LogP) is 4.38. The molecular weight excluding hydrogens is 364 g/mol. The Bertz CT molecular complexity index is 1100. The normalized spacial score (nSPS) is 17.6. The molecule has 0 saturated carbocycles. The van der Waals surface area contributed by atoms with Gasteiger partial charge in [0.2, 0.25) is 0 Å². The molecule has 4 heterocycles. The van der Waals surface area contributed by atoms with Crippen LogP contribution < -0.4 is 4.74 Å². The highest BCUT2D eigenvalue weighted by molar-refractivity contribution is 5.65. The van der Waals surface area contributed by atoms with Crippen molar-refractivity contribution in [2.24, 2.45) is 0 Å². The van der Waals surface area contributed by atoms with E-state index in [1.807, 2.05) is 47.3 Å². The van der Waals surface area contributed by atoms with E-state index in [1.165, 1.54) is 5.56 Å². The monoisotopic (exact) mass is 388 g/mol. The third-order valence-corrected chi connectivity index (χ3v) is 5.61. The van der Waals surface area contributed by atoms with Gasteiger partial charge in [0.15, 0.2) is 11.5 Å². The van der Waals surface area contributed by atoms with Gasteiger partial charge in [-0.2, -0.15) is 5.10 Å². The average molecular weight is 388 g/mol. The van der Waals surface area contributed by atoms with Crippen molar-refractivity contribution in [3.05, 3.63) is 72.6 Å². The van der Waals surface area contributed by atoms with E-state index in [0.29, 0.717) is 5.92 Å². The summed E-state index contributed by atoms with van der Waals surface area (Å²) in [6.07, 6.45) is 7.90. The molecule has 0 aliphatic carbocycles. The summed E-state index contributed by atoms with van der Waals surface area (Å²) in [5.41, 5.74) is 4.31. The number of likely N-dealkylation sites (tertiary alicyclic amines) is 1. The number of ether oxygens (including phenoxy) is 1. The molecule has 0 bridgehead atoms. The third kappa shape index (κ3) is 3.76. The van der Waals surface area contributed by atoms with Gasteiger partial charge < -0.3 is 9.15 Å². The van der Waals surface area contributed by atoms with E-state index in [4.69, 9.17) is 19.2 Å². The fraction of sp³-hybridized carbons (Fsp3) is 0.304.